The van der Waals surface area contributed by atoms with Crippen LogP contribution in [-0.4, -0.2) is 32.6 Å². The third kappa shape index (κ3) is 6.85. The van der Waals surface area contributed by atoms with Crippen LogP contribution in [0.25, 0.3) is 0 Å². The van der Waals surface area contributed by atoms with E-state index in [9.17, 15) is 0 Å². The van der Waals surface area contributed by atoms with Crippen LogP contribution in [0.4, 0.5) is 0 Å². The summed E-state index contributed by atoms with van der Waals surface area (Å²) >= 11 is 5.27. The fourth-order valence-corrected chi connectivity index (χ4v) is 3.11. The van der Waals surface area contributed by atoms with Crippen molar-refractivity contribution in [2.75, 3.05) is 26.3 Å². The van der Waals surface area contributed by atoms with Gasteiger partial charge >= 0.3 is 0 Å². The normalized spacial score (nSPS) is 11.3. The molecule has 0 radical (unpaired) electrons. The van der Waals surface area contributed by atoms with E-state index < -0.39 is 0 Å². The van der Waals surface area contributed by atoms with Gasteiger partial charge in [-0.15, -0.1) is 11.3 Å². The Morgan fingerprint density at radius 2 is 1.94 bits per heavy atom. The summed E-state index contributed by atoms with van der Waals surface area (Å²) in [7, 11) is 0. The van der Waals surface area contributed by atoms with Crippen LogP contribution in [0.3, 0.4) is 0 Å². The molecule has 0 unspecified atom stereocenters. The molecule has 5 heteroatoms. The maximum absolute atomic E-state index is 5.48. The Morgan fingerprint density at radius 1 is 1.22 bits per heavy atom. The first-order chi connectivity index (χ1) is 8.76. The van der Waals surface area contributed by atoms with Crippen molar-refractivity contribution in [2.45, 2.75) is 33.0 Å². The van der Waals surface area contributed by atoms with Crippen molar-refractivity contribution in [3.05, 3.63) is 20.8 Å². The van der Waals surface area contributed by atoms with Gasteiger partial charge in [-0.3, -0.25) is 0 Å². The number of nitrogens with one attached hydrogen (secondary N) is 1. The van der Waals surface area contributed by atoms with Crippen molar-refractivity contribution in [3.8, 4) is 0 Å². The van der Waals surface area contributed by atoms with Gasteiger partial charge in [0.2, 0.25) is 0 Å². The first-order valence-electron chi connectivity index (χ1n) is 6.44. The molecule has 0 bridgehead atoms. The number of halogens is 1. The van der Waals surface area contributed by atoms with E-state index in [2.05, 4.69) is 33.4 Å². The second kappa shape index (κ2) is 9.92. The molecule has 0 amide bonds. The van der Waals surface area contributed by atoms with Gasteiger partial charge in [-0.1, -0.05) is 0 Å². The summed E-state index contributed by atoms with van der Waals surface area (Å²) < 4.78 is 12.2. The Labute approximate surface area is 122 Å². The molecule has 1 aromatic rings. The molecule has 3 nitrogen and oxygen atoms in total. The molecule has 0 aromatic carbocycles. The Kier molecular flexibility index (Phi) is 8.88. The second-order valence-corrected chi connectivity index (χ2v) is 6.38. The van der Waals surface area contributed by atoms with Crippen molar-refractivity contribution in [1.82, 2.24) is 5.32 Å². The number of hydrogen-bond donors (Lipinski definition) is 1. The molecule has 1 N–H and O–H groups in total. The van der Waals surface area contributed by atoms with Crippen molar-refractivity contribution in [2.24, 2.45) is 0 Å². The molecule has 0 saturated carbocycles. The standard InChI is InChI=1S/C13H22BrNO2S/c1-3-16-13(17-4-2)8-10-15-9-7-11-5-6-12(14)18-11/h5-6,13,15H,3-4,7-10H2,1-2H3. The predicted octanol–water partition coefficient (Wildman–Crippen LogP) is 3.43. The quantitative estimate of drug-likeness (QED) is 0.524. The van der Waals surface area contributed by atoms with Gasteiger partial charge in [-0.2, -0.15) is 0 Å². The Bertz CT molecular complexity index is 314. The highest BCUT2D eigenvalue weighted by molar-refractivity contribution is 9.11. The van der Waals surface area contributed by atoms with Crippen LogP contribution in [0.1, 0.15) is 25.1 Å². The molecule has 0 saturated heterocycles. The summed E-state index contributed by atoms with van der Waals surface area (Å²) in [6.45, 7) is 7.32. The third-order valence-corrected chi connectivity index (χ3v) is 4.12. The predicted molar refractivity (Wildman–Crippen MR) is 80.2 cm³/mol. The van der Waals surface area contributed by atoms with Gasteiger partial charge in [0, 0.05) is 24.5 Å². The maximum Gasteiger partial charge on any atom is 0.158 e. The van der Waals surface area contributed by atoms with Crippen molar-refractivity contribution >= 4 is 27.3 Å². The minimum Gasteiger partial charge on any atom is -0.353 e. The molecule has 1 rings (SSSR count). The van der Waals surface area contributed by atoms with Gasteiger partial charge in [-0.05, 0) is 61.4 Å². The molecule has 0 aliphatic carbocycles. The number of thiophene rings is 1. The highest BCUT2D eigenvalue weighted by atomic mass is 79.9. The van der Waals surface area contributed by atoms with Crippen LogP contribution in [-0.2, 0) is 15.9 Å². The fourth-order valence-electron chi connectivity index (χ4n) is 1.63. The molecule has 0 aliphatic rings. The van der Waals surface area contributed by atoms with E-state index in [1.165, 1.54) is 8.66 Å². The smallest absolute Gasteiger partial charge is 0.158 e. The Balaban J connectivity index is 2.06. The largest absolute Gasteiger partial charge is 0.353 e. The lowest BCUT2D eigenvalue weighted by atomic mass is 10.3. The van der Waals surface area contributed by atoms with Gasteiger partial charge in [0.15, 0.2) is 6.29 Å². The Hall–Kier alpha value is 0.0600. The summed E-state index contributed by atoms with van der Waals surface area (Å²) in [5.41, 5.74) is 0. The minimum atomic E-state index is -0.0663. The van der Waals surface area contributed by atoms with Crippen molar-refractivity contribution in [1.29, 1.82) is 0 Å². The summed E-state index contributed by atoms with van der Waals surface area (Å²) in [5.74, 6) is 0. The second-order valence-electron chi connectivity index (χ2n) is 3.83. The molecule has 0 atom stereocenters. The van der Waals surface area contributed by atoms with E-state index in [1.54, 1.807) is 11.3 Å². The van der Waals surface area contributed by atoms with Crippen LogP contribution < -0.4 is 5.32 Å². The molecule has 1 aromatic heterocycles. The maximum atomic E-state index is 5.48. The summed E-state index contributed by atoms with van der Waals surface area (Å²) in [6, 6.07) is 4.26. The summed E-state index contributed by atoms with van der Waals surface area (Å²) in [4.78, 5) is 1.40. The lowest BCUT2D eigenvalue weighted by molar-refractivity contribution is -0.138. The van der Waals surface area contributed by atoms with Crippen LogP contribution in [0.15, 0.2) is 15.9 Å². The molecular formula is C13H22BrNO2S. The molecule has 1 heterocycles. The Morgan fingerprint density at radius 3 is 2.50 bits per heavy atom. The van der Waals surface area contributed by atoms with Gasteiger partial charge in [0.05, 0.1) is 3.79 Å². The molecule has 104 valence electrons. The van der Waals surface area contributed by atoms with Crippen molar-refractivity contribution in [3.63, 3.8) is 0 Å². The van der Waals surface area contributed by atoms with Gasteiger partial charge in [0.25, 0.3) is 0 Å². The van der Waals surface area contributed by atoms with Crippen molar-refractivity contribution < 1.29 is 9.47 Å². The van der Waals surface area contributed by atoms with E-state index in [1.807, 2.05) is 13.8 Å². The van der Waals surface area contributed by atoms with Gasteiger partial charge in [0.1, 0.15) is 0 Å². The van der Waals surface area contributed by atoms with Gasteiger partial charge in [-0.25, -0.2) is 0 Å². The molecule has 0 fully saturated rings. The zero-order valence-electron chi connectivity index (χ0n) is 11.1. The first-order valence-corrected chi connectivity index (χ1v) is 8.05. The van der Waals surface area contributed by atoms with E-state index >= 15 is 0 Å². The van der Waals surface area contributed by atoms with E-state index in [4.69, 9.17) is 9.47 Å². The fraction of sp³-hybridized carbons (Fsp3) is 0.692. The highest BCUT2D eigenvalue weighted by Crippen LogP contribution is 2.21. The van der Waals surface area contributed by atoms with E-state index in [0.29, 0.717) is 13.2 Å². The minimum absolute atomic E-state index is 0.0663. The van der Waals surface area contributed by atoms with E-state index in [0.717, 1.165) is 25.9 Å². The van der Waals surface area contributed by atoms with Crippen LogP contribution >= 0.6 is 27.3 Å². The lowest BCUT2D eigenvalue weighted by Crippen LogP contribution is -2.26. The first kappa shape index (κ1) is 16.1. The zero-order chi connectivity index (χ0) is 13.2. The molecule has 0 spiro atoms. The van der Waals surface area contributed by atoms with Crippen LogP contribution in [0, 0.1) is 0 Å². The monoisotopic (exact) mass is 335 g/mol. The average molecular weight is 336 g/mol. The van der Waals surface area contributed by atoms with E-state index in [-0.39, 0.29) is 6.29 Å². The number of rotatable bonds is 10. The zero-order valence-corrected chi connectivity index (χ0v) is 13.5. The van der Waals surface area contributed by atoms with Gasteiger partial charge < -0.3 is 14.8 Å². The third-order valence-electron chi connectivity index (χ3n) is 2.44. The van der Waals surface area contributed by atoms with Crippen LogP contribution in [0.5, 0.6) is 0 Å². The molecule has 18 heavy (non-hydrogen) atoms. The molecular weight excluding hydrogens is 314 g/mol. The SMILES string of the molecule is CCOC(CCNCCc1ccc(Br)s1)OCC. The number of hydrogen-bond acceptors (Lipinski definition) is 4. The lowest BCUT2D eigenvalue weighted by Gasteiger charge is -2.16. The average Bonchev–Trinajstić information content (AvgIpc) is 2.75. The van der Waals surface area contributed by atoms with Crippen LogP contribution in [0.2, 0.25) is 0 Å². The number of ether oxygens (including phenoxy) is 2. The molecule has 0 aliphatic heterocycles. The summed E-state index contributed by atoms with van der Waals surface area (Å²) in [5, 5.41) is 3.42. The summed E-state index contributed by atoms with van der Waals surface area (Å²) in [6.07, 6.45) is 1.91. The highest BCUT2D eigenvalue weighted by Gasteiger charge is 2.06. The topological polar surface area (TPSA) is 30.5 Å².